The van der Waals surface area contributed by atoms with Crippen LogP contribution in [-0.2, 0) is 10.3 Å². The van der Waals surface area contributed by atoms with E-state index >= 15 is 0 Å². The van der Waals surface area contributed by atoms with Gasteiger partial charge in [0.05, 0.1) is 12.6 Å². The Balaban J connectivity index is 1.78. The molecule has 7 nitrogen and oxygen atoms in total. The summed E-state index contributed by atoms with van der Waals surface area (Å²) < 4.78 is 13.7. The SMILES string of the molecule is COc1cc(-n2c(C)ccc2C)ncc1C12CCC(CNC1)N2C(=O)OC(C)(C)C. The third-order valence-corrected chi connectivity index (χ3v) is 6.18. The Bertz CT molecular complexity index is 938. The largest absolute Gasteiger partial charge is 0.496 e. The van der Waals surface area contributed by atoms with Crippen LogP contribution in [0.15, 0.2) is 24.4 Å². The van der Waals surface area contributed by atoms with Crippen molar-refractivity contribution in [2.45, 2.75) is 64.6 Å². The number of nitrogens with one attached hydrogen (secondary N) is 1. The van der Waals surface area contributed by atoms with Crippen molar-refractivity contribution in [2.24, 2.45) is 0 Å². The summed E-state index contributed by atoms with van der Waals surface area (Å²) in [6, 6.07) is 6.23. The molecule has 1 amide bonds. The van der Waals surface area contributed by atoms with Gasteiger partial charge in [0.25, 0.3) is 0 Å². The van der Waals surface area contributed by atoms with Crippen LogP contribution in [0.2, 0.25) is 0 Å². The summed E-state index contributed by atoms with van der Waals surface area (Å²) in [5.74, 6) is 1.56. The third kappa shape index (κ3) is 3.35. The van der Waals surface area contributed by atoms with E-state index in [1.807, 2.05) is 37.9 Å². The molecule has 0 aromatic carbocycles. The van der Waals surface area contributed by atoms with Crippen molar-refractivity contribution >= 4 is 6.09 Å². The molecule has 1 N–H and O–H groups in total. The number of pyridine rings is 1. The number of carbonyl (C=O) groups excluding carboxylic acids is 1. The summed E-state index contributed by atoms with van der Waals surface area (Å²) in [4.78, 5) is 19.9. The minimum atomic E-state index is -0.543. The van der Waals surface area contributed by atoms with Gasteiger partial charge in [-0.2, -0.15) is 0 Å². The Kier molecular flexibility index (Phi) is 5.04. The van der Waals surface area contributed by atoms with Crippen molar-refractivity contribution in [1.82, 2.24) is 19.8 Å². The number of aromatic nitrogens is 2. The molecule has 162 valence electrons. The zero-order valence-electron chi connectivity index (χ0n) is 18.8. The maximum atomic E-state index is 13.2. The molecule has 0 saturated carbocycles. The van der Waals surface area contributed by atoms with Gasteiger partial charge >= 0.3 is 6.09 Å². The van der Waals surface area contributed by atoms with E-state index in [2.05, 4.69) is 35.9 Å². The molecular formula is C23H32N4O3. The molecule has 2 bridgehead atoms. The number of fused-ring (bicyclic) bond motifs is 2. The normalized spacial score (nSPS) is 23.5. The molecule has 2 aromatic rings. The Hall–Kier alpha value is -2.54. The van der Waals surface area contributed by atoms with Crippen LogP contribution in [0.25, 0.3) is 5.82 Å². The van der Waals surface area contributed by atoms with Crippen LogP contribution in [0, 0.1) is 13.8 Å². The summed E-state index contributed by atoms with van der Waals surface area (Å²) in [7, 11) is 1.68. The van der Waals surface area contributed by atoms with Crippen LogP contribution >= 0.6 is 0 Å². The van der Waals surface area contributed by atoms with Gasteiger partial charge in [0.15, 0.2) is 0 Å². The lowest BCUT2D eigenvalue weighted by molar-refractivity contribution is -0.0119. The highest BCUT2D eigenvalue weighted by molar-refractivity contribution is 5.71. The second kappa shape index (κ2) is 7.30. The smallest absolute Gasteiger partial charge is 0.411 e. The Morgan fingerprint density at radius 3 is 2.60 bits per heavy atom. The van der Waals surface area contributed by atoms with Crippen molar-refractivity contribution in [2.75, 3.05) is 20.2 Å². The number of rotatable bonds is 3. The monoisotopic (exact) mass is 412 g/mol. The van der Waals surface area contributed by atoms with Crippen molar-refractivity contribution < 1.29 is 14.3 Å². The Morgan fingerprint density at radius 1 is 1.27 bits per heavy atom. The van der Waals surface area contributed by atoms with E-state index < -0.39 is 11.1 Å². The van der Waals surface area contributed by atoms with E-state index in [9.17, 15) is 4.79 Å². The zero-order chi connectivity index (χ0) is 21.7. The number of nitrogens with zero attached hydrogens (tertiary/aromatic N) is 3. The fraction of sp³-hybridized carbons (Fsp3) is 0.565. The minimum Gasteiger partial charge on any atom is -0.496 e. The average Bonchev–Trinajstić information content (AvgIpc) is 3.13. The van der Waals surface area contributed by atoms with Gasteiger partial charge in [-0.3, -0.25) is 4.90 Å². The molecule has 2 aliphatic rings. The highest BCUT2D eigenvalue weighted by atomic mass is 16.6. The maximum Gasteiger partial charge on any atom is 0.411 e. The predicted molar refractivity (Wildman–Crippen MR) is 115 cm³/mol. The van der Waals surface area contributed by atoms with Gasteiger partial charge < -0.3 is 19.4 Å². The van der Waals surface area contributed by atoms with Gasteiger partial charge in [0.2, 0.25) is 0 Å². The lowest BCUT2D eigenvalue weighted by atomic mass is 9.87. The van der Waals surface area contributed by atoms with Crippen LogP contribution < -0.4 is 10.1 Å². The van der Waals surface area contributed by atoms with Gasteiger partial charge in [-0.25, -0.2) is 9.78 Å². The summed E-state index contributed by atoms with van der Waals surface area (Å²) in [6.45, 7) is 11.3. The summed E-state index contributed by atoms with van der Waals surface area (Å²) in [5.41, 5.74) is 2.09. The lowest BCUT2D eigenvalue weighted by Crippen LogP contribution is -2.61. The first-order valence-corrected chi connectivity index (χ1v) is 10.6. The number of piperazine rings is 1. The number of amides is 1. The number of ether oxygens (including phenoxy) is 2. The minimum absolute atomic E-state index is 0.104. The van der Waals surface area contributed by atoms with Crippen LogP contribution in [0.3, 0.4) is 0 Å². The van der Waals surface area contributed by atoms with E-state index in [0.717, 1.165) is 47.9 Å². The standard InChI is InChI=1S/C23H32N4O3/c1-15-7-8-16(2)26(15)20-11-19(29-6)18(13-25-20)23-10-9-17(12-24-14-23)27(23)21(28)30-22(3,4)5/h7-8,11,13,17,24H,9-10,12,14H2,1-6H3. The van der Waals surface area contributed by atoms with Crippen molar-refractivity contribution in [3.8, 4) is 11.6 Å². The molecule has 2 aliphatic heterocycles. The van der Waals surface area contributed by atoms with Crippen molar-refractivity contribution in [3.63, 3.8) is 0 Å². The van der Waals surface area contributed by atoms with Crippen LogP contribution in [-0.4, -0.2) is 52.4 Å². The van der Waals surface area contributed by atoms with Crippen LogP contribution in [0.1, 0.15) is 50.6 Å². The van der Waals surface area contributed by atoms with Crippen molar-refractivity contribution in [1.29, 1.82) is 0 Å². The maximum absolute atomic E-state index is 13.2. The molecule has 2 atom stereocenters. The second-order valence-electron chi connectivity index (χ2n) is 9.40. The highest BCUT2D eigenvalue weighted by Crippen LogP contribution is 2.47. The van der Waals surface area contributed by atoms with Crippen LogP contribution in [0.4, 0.5) is 4.79 Å². The average molecular weight is 413 g/mol. The molecule has 2 saturated heterocycles. The lowest BCUT2D eigenvalue weighted by Gasteiger charge is -2.45. The van der Waals surface area contributed by atoms with E-state index in [4.69, 9.17) is 14.5 Å². The van der Waals surface area contributed by atoms with Crippen LogP contribution in [0.5, 0.6) is 5.75 Å². The summed E-state index contributed by atoms with van der Waals surface area (Å²) in [5, 5.41) is 3.51. The molecule has 0 aliphatic carbocycles. The topological polar surface area (TPSA) is 68.6 Å². The van der Waals surface area contributed by atoms with Crippen molar-refractivity contribution in [3.05, 3.63) is 41.3 Å². The van der Waals surface area contributed by atoms with E-state index in [1.165, 1.54) is 0 Å². The predicted octanol–water partition coefficient (Wildman–Crippen LogP) is 3.70. The summed E-state index contributed by atoms with van der Waals surface area (Å²) >= 11 is 0. The van der Waals surface area contributed by atoms with Gasteiger partial charge in [-0.15, -0.1) is 0 Å². The summed E-state index contributed by atoms with van der Waals surface area (Å²) in [6.07, 6.45) is 3.38. The zero-order valence-corrected chi connectivity index (χ0v) is 18.8. The number of aryl methyl sites for hydroxylation is 2. The number of methoxy groups -OCH3 is 1. The molecule has 2 unspecified atom stereocenters. The van der Waals surface area contributed by atoms with Gasteiger partial charge in [-0.05, 0) is 59.6 Å². The Labute approximate surface area is 178 Å². The molecular weight excluding hydrogens is 380 g/mol. The Morgan fingerprint density at radius 2 is 1.97 bits per heavy atom. The molecule has 7 heteroatoms. The first-order chi connectivity index (χ1) is 14.2. The first-order valence-electron chi connectivity index (χ1n) is 10.6. The first kappa shape index (κ1) is 20.7. The number of hydrogen-bond acceptors (Lipinski definition) is 5. The molecule has 4 rings (SSSR count). The second-order valence-corrected chi connectivity index (χ2v) is 9.40. The van der Waals surface area contributed by atoms with Gasteiger partial charge in [0, 0.05) is 48.3 Å². The third-order valence-electron chi connectivity index (χ3n) is 6.18. The molecule has 0 radical (unpaired) electrons. The van der Waals surface area contributed by atoms with E-state index in [1.54, 1.807) is 7.11 Å². The van der Waals surface area contributed by atoms with E-state index in [0.29, 0.717) is 6.54 Å². The molecule has 30 heavy (non-hydrogen) atoms. The molecule has 2 aromatic heterocycles. The fourth-order valence-electron chi connectivity index (χ4n) is 4.91. The van der Waals surface area contributed by atoms with Gasteiger partial charge in [-0.1, -0.05) is 0 Å². The molecule has 0 spiro atoms. The van der Waals surface area contributed by atoms with Gasteiger partial charge in [0.1, 0.15) is 17.2 Å². The fourth-order valence-corrected chi connectivity index (χ4v) is 4.91. The quantitative estimate of drug-likeness (QED) is 0.833. The van der Waals surface area contributed by atoms with E-state index in [-0.39, 0.29) is 12.1 Å². The highest BCUT2D eigenvalue weighted by Gasteiger charge is 2.54. The molecule has 2 fully saturated rings. The number of carbonyl (C=O) groups is 1. The number of hydrogen-bond donors (Lipinski definition) is 1. The molecule has 4 heterocycles.